The molecule has 1 fully saturated rings. The molecule has 0 aliphatic carbocycles. The van der Waals surface area contributed by atoms with Crippen molar-refractivity contribution >= 4 is 40.6 Å². The quantitative estimate of drug-likeness (QED) is 0.473. The van der Waals surface area contributed by atoms with E-state index in [2.05, 4.69) is 0 Å². The fourth-order valence-electron chi connectivity index (χ4n) is 3.36. The molecule has 1 heterocycles. The molecule has 1 aliphatic rings. The van der Waals surface area contributed by atoms with E-state index in [1.807, 2.05) is 36.4 Å². The average Bonchev–Trinajstić information content (AvgIpc) is 3.14. The summed E-state index contributed by atoms with van der Waals surface area (Å²) >= 11 is 1.28. The van der Waals surface area contributed by atoms with E-state index in [1.54, 1.807) is 49.5 Å². The summed E-state index contributed by atoms with van der Waals surface area (Å²) in [6.45, 7) is 0.258. The predicted molar refractivity (Wildman–Crippen MR) is 133 cm³/mol. The number of amides is 1. The van der Waals surface area contributed by atoms with Crippen molar-refractivity contribution in [2.75, 3.05) is 14.2 Å². The van der Waals surface area contributed by atoms with Crippen molar-refractivity contribution in [3.05, 3.63) is 94.4 Å². The molecule has 1 amide bonds. The zero-order chi connectivity index (χ0) is 24.1. The van der Waals surface area contributed by atoms with Gasteiger partial charge in [-0.1, -0.05) is 30.3 Å². The van der Waals surface area contributed by atoms with Crippen molar-refractivity contribution in [2.45, 2.75) is 6.54 Å². The van der Waals surface area contributed by atoms with Crippen LogP contribution in [0.25, 0.3) is 6.08 Å². The highest BCUT2D eigenvalue weighted by Gasteiger charge is 2.33. The number of carboxylic acid groups (broad SMARTS) is 1. The number of ether oxygens (including phenoxy) is 2. The lowest BCUT2D eigenvalue weighted by molar-refractivity contribution is -0.122. The number of aromatic carboxylic acids is 1. The first-order valence-electron chi connectivity index (χ1n) is 10.4. The minimum Gasteiger partial charge on any atom is -0.497 e. The molecule has 1 N–H and O–H groups in total. The summed E-state index contributed by atoms with van der Waals surface area (Å²) in [7, 11) is 3.15. The number of carbonyl (C=O) groups excluding carboxylic acids is 1. The van der Waals surface area contributed by atoms with E-state index in [4.69, 9.17) is 19.6 Å². The van der Waals surface area contributed by atoms with Crippen molar-refractivity contribution in [1.29, 1.82) is 0 Å². The highest BCUT2D eigenvalue weighted by molar-refractivity contribution is 8.18. The van der Waals surface area contributed by atoms with E-state index in [-0.39, 0.29) is 18.0 Å². The van der Waals surface area contributed by atoms with Gasteiger partial charge in [0, 0.05) is 11.6 Å². The number of aliphatic imine (C=N–C) groups is 1. The van der Waals surface area contributed by atoms with Crippen LogP contribution >= 0.6 is 11.8 Å². The van der Waals surface area contributed by atoms with Crippen molar-refractivity contribution in [1.82, 2.24) is 4.90 Å². The van der Waals surface area contributed by atoms with Gasteiger partial charge in [0.2, 0.25) is 0 Å². The fourth-order valence-corrected chi connectivity index (χ4v) is 4.35. The second-order valence-electron chi connectivity index (χ2n) is 7.34. The van der Waals surface area contributed by atoms with Gasteiger partial charge in [-0.3, -0.25) is 9.69 Å². The molecule has 7 nitrogen and oxygen atoms in total. The van der Waals surface area contributed by atoms with Gasteiger partial charge in [0.05, 0.1) is 36.9 Å². The van der Waals surface area contributed by atoms with Crippen LogP contribution in [0.5, 0.6) is 11.5 Å². The second kappa shape index (κ2) is 10.3. The lowest BCUT2D eigenvalue weighted by atomic mass is 10.1. The van der Waals surface area contributed by atoms with E-state index >= 15 is 0 Å². The molecule has 3 aromatic carbocycles. The monoisotopic (exact) mass is 474 g/mol. The van der Waals surface area contributed by atoms with Gasteiger partial charge in [0.15, 0.2) is 5.17 Å². The predicted octanol–water partition coefficient (Wildman–Crippen LogP) is 5.21. The summed E-state index contributed by atoms with van der Waals surface area (Å²) in [4.78, 5) is 31.4. The standard InChI is InChI=1S/C26H22N2O5S/c1-32-21-13-12-19(22(15-21)33-2)14-23-24(29)28(16-17-8-10-18(11-9-17)25(30)31)26(34-23)27-20-6-4-3-5-7-20/h3-15H,16H2,1-2H3,(H,30,31)/b23-14-,27-26?. The Bertz CT molecular complexity index is 1270. The third kappa shape index (κ3) is 5.13. The van der Waals surface area contributed by atoms with Gasteiger partial charge in [0.1, 0.15) is 11.5 Å². The van der Waals surface area contributed by atoms with Gasteiger partial charge < -0.3 is 14.6 Å². The van der Waals surface area contributed by atoms with Crippen molar-refractivity contribution in [3.63, 3.8) is 0 Å². The first kappa shape index (κ1) is 23.1. The summed E-state index contributed by atoms with van der Waals surface area (Å²) < 4.78 is 10.7. The summed E-state index contributed by atoms with van der Waals surface area (Å²) in [5.74, 6) is 0.0517. The van der Waals surface area contributed by atoms with Crippen LogP contribution in [0, 0.1) is 0 Å². The SMILES string of the molecule is COc1ccc(/C=C2\SC(=Nc3ccccc3)N(Cc3ccc(C(=O)O)cc3)C2=O)c(OC)c1. The van der Waals surface area contributed by atoms with Gasteiger partial charge in [-0.2, -0.15) is 0 Å². The van der Waals surface area contributed by atoms with Crippen LogP contribution in [-0.2, 0) is 11.3 Å². The van der Waals surface area contributed by atoms with Crippen LogP contribution in [-0.4, -0.2) is 41.3 Å². The highest BCUT2D eigenvalue weighted by Crippen LogP contribution is 2.37. The number of amidine groups is 1. The number of methoxy groups -OCH3 is 2. The molecular formula is C26H22N2O5S. The zero-order valence-corrected chi connectivity index (χ0v) is 19.4. The molecule has 0 spiro atoms. The van der Waals surface area contributed by atoms with E-state index in [1.165, 1.54) is 23.9 Å². The van der Waals surface area contributed by atoms with Gasteiger partial charge in [-0.15, -0.1) is 0 Å². The zero-order valence-electron chi connectivity index (χ0n) is 18.6. The highest BCUT2D eigenvalue weighted by atomic mass is 32.2. The normalized spacial score (nSPS) is 15.7. The maximum atomic E-state index is 13.4. The third-order valence-electron chi connectivity index (χ3n) is 5.14. The first-order valence-corrected chi connectivity index (χ1v) is 11.2. The van der Waals surface area contributed by atoms with Gasteiger partial charge in [0.25, 0.3) is 5.91 Å². The van der Waals surface area contributed by atoms with Crippen LogP contribution in [0.15, 0.2) is 82.7 Å². The minimum atomic E-state index is -0.996. The Balaban J connectivity index is 1.69. The summed E-state index contributed by atoms with van der Waals surface area (Å²) in [5.41, 5.74) is 2.46. The maximum absolute atomic E-state index is 13.4. The molecule has 0 saturated carbocycles. The Morgan fingerprint density at radius 2 is 1.76 bits per heavy atom. The molecule has 172 valence electrons. The lowest BCUT2D eigenvalue weighted by Gasteiger charge is -2.16. The van der Waals surface area contributed by atoms with Crippen LogP contribution in [0.2, 0.25) is 0 Å². The Hall–Kier alpha value is -4.04. The van der Waals surface area contributed by atoms with E-state index in [9.17, 15) is 9.59 Å². The van der Waals surface area contributed by atoms with Crippen molar-refractivity contribution in [2.24, 2.45) is 4.99 Å². The number of rotatable bonds is 7. The van der Waals surface area contributed by atoms with Crippen molar-refractivity contribution in [3.8, 4) is 11.5 Å². The lowest BCUT2D eigenvalue weighted by Crippen LogP contribution is -2.28. The summed E-state index contributed by atoms with van der Waals surface area (Å²) in [5, 5.41) is 9.69. The van der Waals surface area contributed by atoms with Gasteiger partial charge >= 0.3 is 5.97 Å². The molecule has 0 unspecified atom stereocenters. The molecule has 0 aromatic heterocycles. The number of carbonyl (C=O) groups is 2. The molecule has 0 radical (unpaired) electrons. The number of para-hydroxylation sites is 1. The molecular weight excluding hydrogens is 452 g/mol. The smallest absolute Gasteiger partial charge is 0.335 e. The second-order valence-corrected chi connectivity index (χ2v) is 8.35. The van der Waals surface area contributed by atoms with Crippen LogP contribution in [0.3, 0.4) is 0 Å². The molecule has 1 saturated heterocycles. The number of hydrogen-bond donors (Lipinski definition) is 1. The minimum absolute atomic E-state index is 0.191. The van der Waals surface area contributed by atoms with E-state index < -0.39 is 5.97 Å². The number of benzene rings is 3. The van der Waals surface area contributed by atoms with Gasteiger partial charge in [-0.05, 0) is 59.8 Å². The van der Waals surface area contributed by atoms with Crippen LogP contribution in [0.4, 0.5) is 5.69 Å². The van der Waals surface area contributed by atoms with Crippen LogP contribution in [0.1, 0.15) is 21.5 Å². The maximum Gasteiger partial charge on any atom is 0.335 e. The molecule has 3 aromatic rings. The molecule has 8 heteroatoms. The Kier molecular flexibility index (Phi) is 6.98. The molecule has 0 atom stereocenters. The largest absolute Gasteiger partial charge is 0.497 e. The number of thioether (sulfide) groups is 1. The van der Waals surface area contributed by atoms with Crippen molar-refractivity contribution < 1.29 is 24.2 Å². The average molecular weight is 475 g/mol. The van der Waals surface area contributed by atoms with E-state index in [0.717, 1.165) is 16.8 Å². The topological polar surface area (TPSA) is 88.4 Å². The first-order chi connectivity index (χ1) is 16.5. The molecule has 4 rings (SSSR count). The van der Waals surface area contributed by atoms with Crippen LogP contribution < -0.4 is 9.47 Å². The number of nitrogens with zero attached hydrogens (tertiary/aromatic N) is 2. The van der Waals surface area contributed by atoms with Gasteiger partial charge in [-0.25, -0.2) is 9.79 Å². The fraction of sp³-hybridized carbons (Fsp3) is 0.115. The molecule has 34 heavy (non-hydrogen) atoms. The molecule has 0 bridgehead atoms. The Labute approximate surface area is 201 Å². The van der Waals surface area contributed by atoms with E-state index in [0.29, 0.717) is 21.6 Å². The molecule has 1 aliphatic heterocycles. The number of hydrogen-bond acceptors (Lipinski definition) is 6. The third-order valence-corrected chi connectivity index (χ3v) is 6.14. The Morgan fingerprint density at radius 1 is 1.03 bits per heavy atom. The summed E-state index contributed by atoms with van der Waals surface area (Å²) in [6.07, 6.45) is 1.78. The number of carboxylic acids is 1. The summed E-state index contributed by atoms with van der Waals surface area (Å²) in [6, 6.07) is 21.3. The Morgan fingerprint density at radius 3 is 2.41 bits per heavy atom.